The summed E-state index contributed by atoms with van der Waals surface area (Å²) in [7, 11) is 1.27. The van der Waals surface area contributed by atoms with Crippen LogP contribution >= 0.6 is 0 Å². The summed E-state index contributed by atoms with van der Waals surface area (Å²) in [5, 5.41) is 2.67. The van der Waals surface area contributed by atoms with Crippen molar-refractivity contribution < 1.29 is 23.8 Å². The van der Waals surface area contributed by atoms with Crippen LogP contribution in [0.4, 0.5) is 4.79 Å². The molecule has 0 aromatic heterocycles. The number of hydrogen-bond acceptors (Lipinski definition) is 5. The number of carbonyl (C=O) groups is 2. The lowest BCUT2D eigenvalue weighted by Crippen LogP contribution is -2.55. The van der Waals surface area contributed by atoms with Gasteiger partial charge in [0.2, 0.25) is 0 Å². The Balaban J connectivity index is 2.00. The third-order valence-corrected chi connectivity index (χ3v) is 4.81. The second-order valence-corrected chi connectivity index (χ2v) is 6.69. The van der Waals surface area contributed by atoms with E-state index in [0.29, 0.717) is 25.9 Å². The van der Waals surface area contributed by atoms with Crippen LogP contribution in [-0.2, 0) is 27.3 Å². The number of ether oxygens (including phenoxy) is 3. The maximum atomic E-state index is 12.5. The van der Waals surface area contributed by atoms with Crippen molar-refractivity contribution in [3.8, 4) is 5.75 Å². The number of hydrogen-bond donors (Lipinski definition) is 1. The van der Waals surface area contributed by atoms with E-state index in [-0.39, 0.29) is 6.61 Å². The van der Waals surface area contributed by atoms with Gasteiger partial charge in [0, 0.05) is 0 Å². The lowest BCUT2D eigenvalue weighted by atomic mass is 9.88. The summed E-state index contributed by atoms with van der Waals surface area (Å²) in [6, 6.07) is 17.7. The van der Waals surface area contributed by atoms with Gasteiger partial charge in [-0.05, 0) is 49.4 Å². The predicted octanol–water partition coefficient (Wildman–Crippen LogP) is 4.27. The zero-order valence-electron chi connectivity index (χ0n) is 17.3. The predicted molar refractivity (Wildman–Crippen MR) is 111 cm³/mol. The Bertz CT molecular complexity index is 776. The summed E-state index contributed by atoms with van der Waals surface area (Å²) in [4.78, 5) is 24.3. The molecule has 0 aliphatic carbocycles. The molecule has 29 heavy (non-hydrogen) atoms. The fourth-order valence-electron chi connectivity index (χ4n) is 2.99. The van der Waals surface area contributed by atoms with E-state index in [1.165, 1.54) is 7.11 Å². The Morgan fingerprint density at radius 3 is 2.24 bits per heavy atom. The molecule has 0 saturated carbocycles. The van der Waals surface area contributed by atoms with Crippen molar-refractivity contribution >= 4 is 12.1 Å². The maximum absolute atomic E-state index is 12.5. The standard InChI is InChI=1S/C23H29NO5/c1-4-23(21(25)28-5-2,24-22(26)27-3)16-15-18-11-13-20(14-12-18)29-17-19-9-7-6-8-10-19/h6-14H,4-5,15-17H2,1-3H3,(H,24,26). The largest absolute Gasteiger partial charge is 0.489 e. The van der Waals surface area contributed by atoms with E-state index in [1.54, 1.807) is 6.92 Å². The third kappa shape index (κ3) is 6.52. The van der Waals surface area contributed by atoms with Crippen molar-refractivity contribution in [3.63, 3.8) is 0 Å². The highest BCUT2D eigenvalue weighted by molar-refractivity contribution is 5.85. The molecule has 1 atom stereocenters. The van der Waals surface area contributed by atoms with Crippen molar-refractivity contribution in [1.29, 1.82) is 0 Å². The first-order chi connectivity index (χ1) is 14.0. The number of carbonyl (C=O) groups excluding carboxylic acids is 2. The third-order valence-electron chi connectivity index (χ3n) is 4.81. The summed E-state index contributed by atoms with van der Waals surface area (Å²) in [6.07, 6.45) is 0.751. The second kappa shape index (κ2) is 11.1. The minimum atomic E-state index is -1.12. The van der Waals surface area contributed by atoms with Crippen LogP contribution in [0.2, 0.25) is 0 Å². The maximum Gasteiger partial charge on any atom is 0.407 e. The highest BCUT2D eigenvalue weighted by Gasteiger charge is 2.39. The minimum absolute atomic E-state index is 0.247. The van der Waals surface area contributed by atoms with Gasteiger partial charge in [0.05, 0.1) is 13.7 Å². The number of alkyl carbamates (subject to hydrolysis) is 1. The first-order valence-electron chi connectivity index (χ1n) is 9.82. The molecule has 1 unspecified atom stereocenters. The van der Waals surface area contributed by atoms with Gasteiger partial charge in [0.1, 0.15) is 17.9 Å². The molecule has 1 amide bonds. The number of aryl methyl sites for hydroxylation is 1. The van der Waals surface area contributed by atoms with Crippen LogP contribution in [0.1, 0.15) is 37.8 Å². The van der Waals surface area contributed by atoms with Crippen molar-refractivity contribution in [2.75, 3.05) is 13.7 Å². The molecule has 1 N–H and O–H groups in total. The molecule has 0 radical (unpaired) electrons. The first-order valence-corrected chi connectivity index (χ1v) is 9.82. The van der Waals surface area contributed by atoms with Gasteiger partial charge in [0.15, 0.2) is 0 Å². The van der Waals surface area contributed by atoms with Gasteiger partial charge in [0.25, 0.3) is 0 Å². The molecule has 156 valence electrons. The molecule has 0 aliphatic rings. The molecule has 2 aromatic rings. The van der Waals surface area contributed by atoms with Gasteiger partial charge in [-0.2, -0.15) is 0 Å². The smallest absolute Gasteiger partial charge is 0.407 e. The monoisotopic (exact) mass is 399 g/mol. The molecule has 0 spiro atoms. The van der Waals surface area contributed by atoms with E-state index in [9.17, 15) is 9.59 Å². The Morgan fingerprint density at radius 1 is 0.966 bits per heavy atom. The Kier molecular flexibility index (Phi) is 8.52. The van der Waals surface area contributed by atoms with Crippen LogP contribution in [0.15, 0.2) is 54.6 Å². The van der Waals surface area contributed by atoms with Crippen molar-refractivity contribution in [3.05, 3.63) is 65.7 Å². The molecule has 6 heteroatoms. The van der Waals surface area contributed by atoms with Crippen LogP contribution < -0.4 is 10.1 Å². The lowest BCUT2D eigenvalue weighted by Gasteiger charge is -2.30. The van der Waals surface area contributed by atoms with E-state index in [4.69, 9.17) is 14.2 Å². The summed E-state index contributed by atoms with van der Waals surface area (Å²) < 4.78 is 15.7. The van der Waals surface area contributed by atoms with E-state index in [2.05, 4.69) is 5.32 Å². The first kappa shape index (κ1) is 22.3. The van der Waals surface area contributed by atoms with Crippen molar-refractivity contribution in [2.24, 2.45) is 0 Å². The normalized spacial score (nSPS) is 12.5. The summed E-state index contributed by atoms with van der Waals surface area (Å²) in [5.41, 5.74) is 1.02. The average Bonchev–Trinajstić information content (AvgIpc) is 2.76. The van der Waals surface area contributed by atoms with Crippen molar-refractivity contribution in [1.82, 2.24) is 5.32 Å². The number of rotatable bonds is 10. The number of methoxy groups -OCH3 is 1. The van der Waals surface area contributed by atoms with E-state index < -0.39 is 17.6 Å². The van der Waals surface area contributed by atoms with Crippen LogP contribution in [-0.4, -0.2) is 31.3 Å². The summed E-state index contributed by atoms with van der Waals surface area (Å²) in [6.45, 7) is 4.33. The Hall–Kier alpha value is -3.02. The van der Waals surface area contributed by atoms with E-state index >= 15 is 0 Å². The quantitative estimate of drug-likeness (QED) is 0.604. The zero-order chi connectivity index (χ0) is 21.1. The topological polar surface area (TPSA) is 73.9 Å². The van der Waals surface area contributed by atoms with Crippen LogP contribution in [0, 0.1) is 0 Å². The van der Waals surface area contributed by atoms with Gasteiger partial charge in [-0.15, -0.1) is 0 Å². The van der Waals surface area contributed by atoms with Gasteiger partial charge < -0.3 is 19.5 Å². The Labute approximate surface area is 172 Å². The second-order valence-electron chi connectivity index (χ2n) is 6.69. The molecule has 0 heterocycles. The van der Waals surface area contributed by atoms with Gasteiger partial charge in [-0.25, -0.2) is 9.59 Å². The zero-order valence-corrected chi connectivity index (χ0v) is 17.3. The van der Waals surface area contributed by atoms with Crippen molar-refractivity contribution in [2.45, 2.75) is 45.3 Å². The fraction of sp³-hybridized carbons (Fsp3) is 0.391. The van der Waals surface area contributed by atoms with E-state index in [1.807, 2.05) is 61.5 Å². The molecule has 0 aliphatic heterocycles. The van der Waals surface area contributed by atoms with Crippen LogP contribution in [0.5, 0.6) is 5.75 Å². The molecule has 0 saturated heterocycles. The highest BCUT2D eigenvalue weighted by Crippen LogP contribution is 2.23. The molecule has 0 bridgehead atoms. The van der Waals surface area contributed by atoms with E-state index in [0.717, 1.165) is 16.9 Å². The number of benzene rings is 2. The summed E-state index contributed by atoms with van der Waals surface area (Å²) >= 11 is 0. The van der Waals surface area contributed by atoms with Gasteiger partial charge >= 0.3 is 12.1 Å². The van der Waals surface area contributed by atoms with Crippen LogP contribution in [0.25, 0.3) is 0 Å². The number of amides is 1. The Morgan fingerprint density at radius 2 is 1.66 bits per heavy atom. The molecule has 2 aromatic carbocycles. The van der Waals surface area contributed by atoms with Gasteiger partial charge in [-0.3, -0.25) is 0 Å². The lowest BCUT2D eigenvalue weighted by molar-refractivity contribution is -0.151. The summed E-state index contributed by atoms with van der Waals surface area (Å²) in [5.74, 6) is 0.327. The van der Waals surface area contributed by atoms with Gasteiger partial charge in [-0.1, -0.05) is 49.4 Å². The average molecular weight is 399 g/mol. The number of nitrogens with one attached hydrogen (secondary N) is 1. The minimum Gasteiger partial charge on any atom is -0.489 e. The molecular formula is C23H29NO5. The fourth-order valence-corrected chi connectivity index (χ4v) is 2.99. The highest BCUT2D eigenvalue weighted by atomic mass is 16.5. The molecule has 2 rings (SSSR count). The molecule has 6 nitrogen and oxygen atoms in total. The number of esters is 1. The van der Waals surface area contributed by atoms with Crippen LogP contribution in [0.3, 0.4) is 0 Å². The molecular weight excluding hydrogens is 370 g/mol. The SMILES string of the molecule is CCOC(=O)C(CC)(CCc1ccc(OCc2ccccc2)cc1)NC(=O)OC. The molecule has 0 fully saturated rings.